The number of nitrogens with two attached hydrogens (primary N) is 1. The van der Waals surface area contributed by atoms with Gasteiger partial charge in [0, 0.05) is 28.7 Å². The summed E-state index contributed by atoms with van der Waals surface area (Å²) in [6.45, 7) is 4.17. The van der Waals surface area contributed by atoms with Crippen molar-refractivity contribution in [1.29, 1.82) is 0 Å². The zero-order chi connectivity index (χ0) is 12.6. The molecule has 4 heteroatoms. The van der Waals surface area contributed by atoms with E-state index in [9.17, 15) is 5.11 Å². The molecule has 0 spiro atoms. The van der Waals surface area contributed by atoms with Gasteiger partial charge in [-0.25, -0.2) is 0 Å². The number of hydrogen-bond acceptors (Lipinski definition) is 3. The predicted molar refractivity (Wildman–Crippen MR) is 68.3 cm³/mol. The number of hydrogen-bond donors (Lipinski definition) is 3. The highest BCUT2D eigenvalue weighted by Crippen LogP contribution is 2.32. The minimum absolute atomic E-state index is 0.212. The fraction of sp³-hybridized carbons (Fsp3) is 0.385. The average Bonchev–Trinajstić information content (AvgIpc) is 2.65. The molecular weight excluding hydrogens is 216 g/mol. The van der Waals surface area contributed by atoms with E-state index in [-0.39, 0.29) is 6.54 Å². The Morgan fingerprint density at radius 3 is 2.71 bits per heavy atom. The highest BCUT2D eigenvalue weighted by atomic mass is 16.5. The number of H-pyrrole nitrogens is 1. The fourth-order valence-electron chi connectivity index (χ4n) is 2.25. The maximum Gasteiger partial charge on any atom is 0.119 e. The lowest BCUT2D eigenvalue weighted by atomic mass is 10.0. The molecule has 1 atom stereocenters. The zero-order valence-corrected chi connectivity index (χ0v) is 10.4. The van der Waals surface area contributed by atoms with Crippen molar-refractivity contribution in [2.24, 2.45) is 5.73 Å². The number of benzene rings is 1. The van der Waals surface area contributed by atoms with Crippen molar-refractivity contribution in [3.8, 4) is 5.75 Å². The highest BCUT2D eigenvalue weighted by Gasteiger charge is 2.17. The van der Waals surface area contributed by atoms with Crippen LogP contribution in [0.4, 0.5) is 0 Å². The van der Waals surface area contributed by atoms with E-state index in [0.29, 0.717) is 0 Å². The first-order valence-corrected chi connectivity index (χ1v) is 5.63. The van der Waals surface area contributed by atoms with E-state index in [4.69, 9.17) is 10.5 Å². The third kappa shape index (κ3) is 1.90. The van der Waals surface area contributed by atoms with Crippen LogP contribution < -0.4 is 10.5 Å². The largest absolute Gasteiger partial charge is 0.497 e. The van der Waals surface area contributed by atoms with E-state index in [1.165, 1.54) is 0 Å². The van der Waals surface area contributed by atoms with Gasteiger partial charge in [-0.1, -0.05) is 0 Å². The van der Waals surface area contributed by atoms with Gasteiger partial charge in [0.05, 0.1) is 13.2 Å². The van der Waals surface area contributed by atoms with Gasteiger partial charge in [-0.3, -0.25) is 0 Å². The second-order valence-electron chi connectivity index (χ2n) is 4.28. The van der Waals surface area contributed by atoms with Gasteiger partial charge in [0.25, 0.3) is 0 Å². The molecule has 0 radical (unpaired) electrons. The van der Waals surface area contributed by atoms with Gasteiger partial charge in [0.2, 0.25) is 0 Å². The monoisotopic (exact) mass is 234 g/mol. The standard InChI is InChI=1S/C13H18N2O2/c1-7-4-9(17-3)5-10-12(11(16)6-14)8(2)15-13(7)10/h4-5,11,15-16H,6,14H2,1-3H3. The second-order valence-corrected chi connectivity index (χ2v) is 4.28. The Labute approximate surface area is 100 Å². The Hall–Kier alpha value is -1.52. The van der Waals surface area contributed by atoms with E-state index in [2.05, 4.69) is 4.98 Å². The van der Waals surface area contributed by atoms with Crippen molar-refractivity contribution in [3.63, 3.8) is 0 Å². The number of aliphatic hydroxyl groups is 1. The van der Waals surface area contributed by atoms with E-state index in [1.54, 1.807) is 7.11 Å². The molecule has 1 aromatic heterocycles. The van der Waals surface area contributed by atoms with E-state index < -0.39 is 6.10 Å². The molecule has 0 aliphatic rings. The topological polar surface area (TPSA) is 71.3 Å². The molecule has 0 saturated heterocycles. The summed E-state index contributed by atoms with van der Waals surface area (Å²) in [6, 6.07) is 3.90. The molecule has 1 heterocycles. The zero-order valence-electron chi connectivity index (χ0n) is 10.4. The SMILES string of the molecule is COc1cc(C)c2[nH]c(C)c(C(O)CN)c2c1. The summed E-state index contributed by atoms with van der Waals surface area (Å²) < 4.78 is 5.25. The minimum Gasteiger partial charge on any atom is -0.497 e. The summed E-state index contributed by atoms with van der Waals surface area (Å²) in [5, 5.41) is 10.9. The number of aromatic nitrogens is 1. The van der Waals surface area contributed by atoms with Crippen LogP contribution in [0.5, 0.6) is 5.75 Å². The van der Waals surface area contributed by atoms with Gasteiger partial charge in [-0.2, -0.15) is 0 Å². The van der Waals surface area contributed by atoms with Crippen LogP contribution in [0.2, 0.25) is 0 Å². The van der Waals surface area contributed by atoms with Crippen molar-refractivity contribution < 1.29 is 9.84 Å². The van der Waals surface area contributed by atoms with E-state index in [1.807, 2.05) is 26.0 Å². The number of fused-ring (bicyclic) bond motifs is 1. The van der Waals surface area contributed by atoms with Gasteiger partial charge in [0.15, 0.2) is 0 Å². The van der Waals surface area contributed by atoms with Crippen LogP contribution in [0.15, 0.2) is 12.1 Å². The van der Waals surface area contributed by atoms with Crippen LogP contribution in [0.1, 0.15) is 22.9 Å². The lowest BCUT2D eigenvalue weighted by Gasteiger charge is -2.09. The van der Waals surface area contributed by atoms with Gasteiger partial charge < -0.3 is 20.6 Å². The predicted octanol–water partition coefficient (Wildman–Crippen LogP) is 1.79. The number of aryl methyl sites for hydroxylation is 2. The van der Waals surface area contributed by atoms with E-state index in [0.717, 1.165) is 33.5 Å². The van der Waals surface area contributed by atoms with Gasteiger partial charge in [-0.05, 0) is 31.5 Å². The first-order chi connectivity index (χ1) is 8.08. The summed E-state index contributed by atoms with van der Waals surface area (Å²) in [7, 11) is 1.64. The molecule has 4 N–H and O–H groups in total. The number of methoxy groups -OCH3 is 1. The van der Waals surface area contributed by atoms with Gasteiger partial charge in [0.1, 0.15) is 5.75 Å². The molecular formula is C13H18N2O2. The highest BCUT2D eigenvalue weighted by molar-refractivity contribution is 5.89. The van der Waals surface area contributed by atoms with Crippen molar-refractivity contribution >= 4 is 10.9 Å². The summed E-state index contributed by atoms with van der Waals surface area (Å²) in [5.41, 5.74) is 9.48. The molecule has 0 aliphatic heterocycles. The van der Waals surface area contributed by atoms with Crippen molar-refractivity contribution in [3.05, 3.63) is 29.0 Å². The Balaban J connectivity index is 2.74. The van der Waals surface area contributed by atoms with Crippen molar-refractivity contribution in [2.75, 3.05) is 13.7 Å². The normalized spacial score (nSPS) is 13.0. The van der Waals surface area contributed by atoms with Crippen LogP contribution in [-0.2, 0) is 0 Å². The molecule has 0 fully saturated rings. The maximum absolute atomic E-state index is 9.97. The Morgan fingerprint density at radius 1 is 1.41 bits per heavy atom. The Morgan fingerprint density at radius 2 is 2.12 bits per heavy atom. The Kier molecular flexibility index (Phi) is 3.09. The van der Waals surface area contributed by atoms with Crippen molar-refractivity contribution in [2.45, 2.75) is 20.0 Å². The lowest BCUT2D eigenvalue weighted by molar-refractivity contribution is 0.187. The van der Waals surface area contributed by atoms with Gasteiger partial charge >= 0.3 is 0 Å². The van der Waals surface area contributed by atoms with Crippen molar-refractivity contribution in [1.82, 2.24) is 4.98 Å². The molecule has 0 bridgehead atoms. The summed E-state index contributed by atoms with van der Waals surface area (Å²) in [4.78, 5) is 3.29. The number of nitrogens with one attached hydrogen (secondary N) is 1. The van der Waals surface area contributed by atoms with Crippen LogP contribution in [-0.4, -0.2) is 23.7 Å². The van der Waals surface area contributed by atoms with Gasteiger partial charge in [-0.15, -0.1) is 0 Å². The number of aromatic amines is 1. The third-order valence-corrected chi connectivity index (χ3v) is 3.11. The molecule has 1 unspecified atom stereocenters. The van der Waals surface area contributed by atoms with Crippen LogP contribution in [0.25, 0.3) is 10.9 Å². The second kappa shape index (κ2) is 4.39. The van der Waals surface area contributed by atoms with Crippen LogP contribution >= 0.6 is 0 Å². The lowest BCUT2D eigenvalue weighted by Crippen LogP contribution is -2.12. The number of aliphatic hydroxyl groups excluding tert-OH is 1. The Bertz CT molecular complexity index is 546. The fourth-order valence-corrected chi connectivity index (χ4v) is 2.25. The van der Waals surface area contributed by atoms with Crippen LogP contribution in [0.3, 0.4) is 0 Å². The molecule has 92 valence electrons. The molecule has 17 heavy (non-hydrogen) atoms. The third-order valence-electron chi connectivity index (χ3n) is 3.11. The summed E-state index contributed by atoms with van der Waals surface area (Å²) in [5.74, 6) is 0.791. The summed E-state index contributed by atoms with van der Waals surface area (Å²) >= 11 is 0. The molecule has 0 aliphatic carbocycles. The molecule has 2 aromatic rings. The maximum atomic E-state index is 9.97. The van der Waals surface area contributed by atoms with E-state index >= 15 is 0 Å². The molecule has 0 amide bonds. The quantitative estimate of drug-likeness (QED) is 0.758. The minimum atomic E-state index is -0.643. The number of ether oxygens (including phenoxy) is 1. The molecule has 0 saturated carbocycles. The molecule has 1 aromatic carbocycles. The molecule has 2 rings (SSSR count). The van der Waals surface area contributed by atoms with Crippen LogP contribution in [0, 0.1) is 13.8 Å². The smallest absolute Gasteiger partial charge is 0.119 e. The number of rotatable bonds is 3. The first-order valence-electron chi connectivity index (χ1n) is 5.63. The first kappa shape index (κ1) is 12.0. The molecule has 4 nitrogen and oxygen atoms in total. The average molecular weight is 234 g/mol. The summed E-state index contributed by atoms with van der Waals surface area (Å²) in [6.07, 6.45) is -0.643.